The van der Waals surface area contributed by atoms with E-state index in [-0.39, 0.29) is 12.2 Å². The fourth-order valence-electron chi connectivity index (χ4n) is 2.51. The Labute approximate surface area is 168 Å². The maximum atomic E-state index is 12.0. The molecule has 2 heterocycles. The highest BCUT2D eigenvalue weighted by atomic mass is 31.3. The first-order valence-electron chi connectivity index (χ1n) is 8.12. The van der Waals surface area contributed by atoms with Gasteiger partial charge in [-0.15, -0.1) is 0 Å². The monoisotopic (exact) mass is 495 g/mol. The van der Waals surface area contributed by atoms with Gasteiger partial charge in [-0.25, -0.2) is 18.5 Å². The molecule has 1 aliphatic rings. The largest absolute Gasteiger partial charge is 0.490 e. The van der Waals surface area contributed by atoms with Crippen LogP contribution >= 0.6 is 23.5 Å². The number of rotatable bonds is 9. The molecule has 1 aromatic heterocycles. The molecule has 0 aliphatic carbocycles. The molecule has 0 amide bonds. The van der Waals surface area contributed by atoms with Crippen molar-refractivity contribution in [1.29, 1.82) is 0 Å². The Morgan fingerprint density at radius 1 is 1.23 bits per heavy atom. The van der Waals surface area contributed by atoms with Crippen molar-refractivity contribution in [2.75, 3.05) is 12.3 Å². The molecule has 2 rings (SSSR count). The number of nitrogens with zero attached hydrogens (tertiary/aromatic N) is 2. The fraction of sp³-hybridized carbons (Fsp3) is 0.636. The van der Waals surface area contributed by atoms with Crippen molar-refractivity contribution in [3.8, 4) is 0 Å². The zero-order valence-corrected chi connectivity index (χ0v) is 17.9. The van der Waals surface area contributed by atoms with E-state index < -0.39 is 54.2 Å². The predicted octanol–water partition coefficient (Wildman–Crippen LogP) is -0.620. The molecule has 0 aromatic carbocycles. The number of nitrogen functional groups attached to an aromatic ring is 1. The van der Waals surface area contributed by atoms with E-state index in [1.54, 1.807) is 6.92 Å². The van der Waals surface area contributed by atoms with Crippen LogP contribution in [0.4, 0.5) is 5.82 Å². The summed E-state index contributed by atoms with van der Waals surface area (Å²) in [7, 11) is -16.6. The second-order valence-electron chi connectivity index (χ2n) is 6.01. The first kappa shape index (κ1) is 25.3. The van der Waals surface area contributed by atoms with E-state index in [9.17, 15) is 28.5 Å². The smallest absolute Gasteiger partial charge is 0.390 e. The summed E-state index contributed by atoms with van der Waals surface area (Å²) >= 11 is 0. The Morgan fingerprint density at radius 3 is 2.43 bits per heavy atom. The van der Waals surface area contributed by atoms with Crippen LogP contribution in [0.1, 0.15) is 25.1 Å². The second-order valence-corrected chi connectivity index (χ2v) is 10.4. The van der Waals surface area contributed by atoms with Crippen molar-refractivity contribution in [2.24, 2.45) is 0 Å². The molecular weight excluding hydrogens is 475 g/mol. The molecular formula is C11H20N3O13P3. The lowest BCUT2D eigenvalue weighted by Crippen LogP contribution is -2.29. The van der Waals surface area contributed by atoms with Crippen molar-refractivity contribution in [1.82, 2.24) is 9.55 Å². The van der Waals surface area contributed by atoms with E-state index >= 15 is 0 Å². The number of nitrogens with two attached hydrogens (primary N) is 1. The quantitative estimate of drug-likeness (QED) is 0.234. The summed E-state index contributed by atoms with van der Waals surface area (Å²) in [4.78, 5) is 51.2. The Kier molecular flexibility index (Phi) is 7.79. The Bertz CT molecular complexity index is 977. The van der Waals surface area contributed by atoms with Gasteiger partial charge in [-0.05, 0) is 6.42 Å². The Balaban J connectivity index is 2.04. The molecule has 172 valence electrons. The molecule has 1 aliphatic heterocycles. The summed E-state index contributed by atoms with van der Waals surface area (Å²) in [5.74, 6) is 0.0431. The standard InChI is InChI=1S/C11H20N3O13P3/c1-2-6-4-14(11(16)13-10(6)12)9-3-7(15)8(25-9)5-24-29(20,21)27-30(22,23)26-28(17,18)19/h4,7-9,15H,2-3,5H2,1H3,(H,20,21)(H,22,23)(H2,12,13,16)(H2,17,18,19)/t7-,8+,9+/m0/s1. The summed E-state index contributed by atoms with van der Waals surface area (Å²) in [5, 5.41) is 10.1. The van der Waals surface area contributed by atoms with Gasteiger partial charge in [-0.2, -0.15) is 13.6 Å². The van der Waals surface area contributed by atoms with E-state index in [0.717, 1.165) is 4.57 Å². The van der Waals surface area contributed by atoms with Crippen molar-refractivity contribution < 1.29 is 56.3 Å². The van der Waals surface area contributed by atoms with Gasteiger partial charge in [0.05, 0.1) is 12.7 Å². The minimum absolute atomic E-state index is 0.0431. The van der Waals surface area contributed by atoms with Crippen molar-refractivity contribution >= 4 is 29.3 Å². The Hall–Kier alpha value is -0.990. The summed E-state index contributed by atoms with van der Waals surface area (Å²) in [6, 6.07) is 0. The van der Waals surface area contributed by atoms with Crippen LogP contribution in [0.15, 0.2) is 11.0 Å². The number of aryl methyl sites for hydroxylation is 1. The van der Waals surface area contributed by atoms with Crippen LogP contribution in [0, 0.1) is 0 Å². The Morgan fingerprint density at radius 2 is 1.87 bits per heavy atom. The topological polar surface area (TPSA) is 250 Å². The zero-order chi connectivity index (χ0) is 22.9. The minimum atomic E-state index is -5.66. The second kappa shape index (κ2) is 9.25. The van der Waals surface area contributed by atoms with Gasteiger partial charge in [0.1, 0.15) is 18.1 Å². The van der Waals surface area contributed by atoms with E-state index in [1.165, 1.54) is 6.20 Å². The average Bonchev–Trinajstić information content (AvgIpc) is 2.90. The lowest BCUT2D eigenvalue weighted by Gasteiger charge is -2.19. The van der Waals surface area contributed by atoms with Crippen LogP contribution in [0.25, 0.3) is 0 Å². The lowest BCUT2D eigenvalue weighted by atomic mass is 10.2. The van der Waals surface area contributed by atoms with Gasteiger partial charge < -0.3 is 35.2 Å². The highest BCUT2D eigenvalue weighted by Crippen LogP contribution is 2.66. The van der Waals surface area contributed by atoms with Gasteiger partial charge in [-0.1, -0.05) is 6.92 Å². The van der Waals surface area contributed by atoms with Gasteiger partial charge in [0.2, 0.25) is 0 Å². The van der Waals surface area contributed by atoms with Crippen molar-refractivity contribution in [3.05, 3.63) is 22.2 Å². The van der Waals surface area contributed by atoms with Gasteiger partial charge in [0.25, 0.3) is 0 Å². The van der Waals surface area contributed by atoms with E-state index in [2.05, 4.69) is 18.1 Å². The lowest BCUT2D eigenvalue weighted by molar-refractivity contribution is -0.0450. The van der Waals surface area contributed by atoms with Crippen LogP contribution in [0.3, 0.4) is 0 Å². The molecule has 2 unspecified atom stereocenters. The molecule has 30 heavy (non-hydrogen) atoms. The number of hydrogen-bond donors (Lipinski definition) is 6. The van der Waals surface area contributed by atoms with Crippen LogP contribution in [0.2, 0.25) is 0 Å². The number of ether oxygens (including phenoxy) is 1. The highest BCUT2D eigenvalue weighted by Gasteiger charge is 2.43. The van der Waals surface area contributed by atoms with Crippen LogP contribution in [-0.4, -0.2) is 53.0 Å². The van der Waals surface area contributed by atoms with Crippen LogP contribution in [0.5, 0.6) is 0 Å². The molecule has 0 bridgehead atoms. The molecule has 1 fully saturated rings. The summed E-state index contributed by atoms with van der Waals surface area (Å²) in [5.41, 5.74) is 5.42. The van der Waals surface area contributed by atoms with Crippen LogP contribution < -0.4 is 11.4 Å². The third kappa shape index (κ3) is 7.02. The molecule has 7 N–H and O–H groups in total. The summed E-state index contributed by atoms with van der Waals surface area (Å²) in [6.45, 7) is 0.928. The maximum absolute atomic E-state index is 12.0. The molecule has 5 atom stereocenters. The minimum Gasteiger partial charge on any atom is -0.390 e. The third-order valence-electron chi connectivity index (χ3n) is 3.77. The number of phosphoric ester groups is 1. The zero-order valence-electron chi connectivity index (χ0n) is 15.2. The molecule has 0 radical (unpaired) electrons. The molecule has 16 nitrogen and oxygen atoms in total. The third-order valence-corrected chi connectivity index (χ3v) is 7.58. The molecule has 1 saturated heterocycles. The van der Waals surface area contributed by atoms with Crippen molar-refractivity contribution in [3.63, 3.8) is 0 Å². The number of hydrogen-bond acceptors (Lipinski definition) is 11. The SMILES string of the molecule is CCc1cn([C@H]2C[C@H](O)[C@@H](COP(=O)(O)OP(=O)(O)OP(=O)(O)O)O2)c(=O)nc1N. The maximum Gasteiger partial charge on any atom is 0.490 e. The number of aliphatic hydroxyl groups excluding tert-OH is 1. The number of phosphoric acid groups is 3. The number of aromatic nitrogens is 2. The predicted molar refractivity (Wildman–Crippen MR) is 96.6 cm³/mol. The van der Waals surface area contributed by atoms with Crippen molar-refractivity contribution in [2.45, 2.75) is 38.2 Å². The normalized spacial score (nSPS) is 26.3. The number of aliphatic hydroxyl groups is 1. The highest BCUT2D eigenvalue weighted by molar-refractivity contribution is 7.66. The van der Waals surface area contributed by atoms with Gasteiger partial charge in [0, 0.05) is 18.2 Å². The average molecular weight is 495 g/mol. The van der Waals surface area contributed by atoms with Gasteiger partial charge >= 0.3 is 29.2 Å². The van der Waals surface area contributed by atoms with E-state index in [0.29, 0.717) is 12.0 Å². The molecule has 0 saturated carbocycles. The van der Waals surface area contributed by atoms with Crippen LogP contribution in [-0.2, 0) is 38.0 Å². The van der Waals surface area contributed by atoms with Gasteiger partial charge in [-0.3, -0.25) is 9.09 Å². The fourth-order valence-corrected chi connectivity index (χ4v) is 5.54. The summed E-state index contributed by atoms with van der Waals surface area (Å²) in [6.07, 6.45) is -1.83. The van der Waals surface area contributed by atoms with E-state index in [4.69, 9.17) is 25.2 Å². The number of anilines is 1. The first-order chi connectivity index (χ1) is 13.6. The first-order valence-corrected chi connectivity index (χ1v) is 12.6. The molecule has 1 aromatic rings. The summed E-state index contributed by atoms with van der Waals surface area (Å²) < 4.78 is 51.7. The van der Waals surface area contributed by atoms with E-state index in [1.807, 2.05) is 0 Å². The molecule has 0 spiro atoms. The van der Waals surface area contributed by atoms with Gasteiger partial charge in [0.15, 0.2) is 0 Å². The molecule has 19 heteroatoms.